The molecular weight excluding hydrogens is 348 g/mol. The summed E-state index contributed by atoms with van der Waals surface area (Å²) in [6.07, 6.45) is 1.71. The van der Waals surface area contributed by atoms with E-state index in [1.54, 1.807) is 6.07 Å². The average molecular weight is 374 g/mol. The summed E-state index contributed by atoms with van der Waals surface area (Å²) >= 11 is 0. The second kappa shape index (κ2) is 9.13. The molecule has 0 atom stereocenters. The standard InChI is InChI=1S/C23H26N4O/c1-4-18-12-9-13-19(5-2)21(18)27-22(28)20-14-16(3)25-23(26-20)24-15-17-10-7-6-8-11-17/h6-14H,4-5,15H2,1-3H3,(H,27,28)(H,24,25,26). The molecule has 1 amide bonds. The Morgan fingerprint density at radius 1 is 0.929 bits per heavy atom. The van der Waals surface area contributed by atoms with Crippen molar-refractivity contribution in [2.45, 2.75) is 40.2 Å². The molecule has 0 aliphatic heterocycles. The predicted molar refractivity (Wildman–Crippen MR) is 114 cm³/mol. The van der Waals surface area contributed by atoms with Crippen LogP contribution in [0.2, 0.25) is 0 Å². The van der Waals surface area contributed by atoms with Crippen molar-refractivity contribution in [2.75, 3.05) is 10.6 Å². The molecule has 0 unspecified atom stereocenters. The molecule has 2 aromatic carbocycles. The summed E-state index contributed by atoms with van der Waals surface area (Å²) in [5.74, 6) is 0.234. The number of carbonyl (C=O) groups is 1. The van der Waals surface area contributed by atoms with Crippen molar-refractivity contribution in [1.29, 1.82) is 0 Å². The lowest BCUT2D eigenvalue weighted by atomic mass is 10.0. The number of aryl methyl sites for hydroxylation is 3. The van der Waals surface area contributed by atoms with Crippen molar-refractivity contribution in [1.82, 2.24) is 9.97 Å². The van der Waals surface area contributed by atoms with E-state index in [2.05, 4.69) is 34.4 Å². The number of hydrogen-bond donors (Lipinski definition) is 2. The molecule has 0 saturated heterocycles. The van der Waals surface area contributed by atoms with E-state index < -0.39 is 0 Å². The number of rotatable bonds is 7. The Morgan fingerprint density at radius 3 is 2.25 bits per heavy atom. The lowest BCUT2D eigenvalue weighted by Crippen LogP contribution is -2.18. The van der Waals surface area contributed by atoms with Gasteiger partial charge in [-0.2, -0.15) is 0 Å². The second-order valence-corrected chi connectivity index (χ2v) is 6.67. The molecule has 0 saturated carbocycles. The Hall–Kier alpha value is -3.21. The van der Waals surface area contributed by atoms with Gasteiger partial charge in [-0.3, -0.25) is 4.79 Å². The SMILES string of the molecule is CCc1cccc(CC)c1NC(=O)c1cc(C)nc(NCc2ccccc2)n1. The lowest BCUT2D eigenvalue weighted by molar-refractivity contribution is 0.102. The van der Waals surface area contributed by atoms with Gasteiger partial charge in [-0.1, -0.05) is 62.4 Å². The molecule has 0 bridgehead atoms. The van der Waals surface area contributed by atoms with Gasteiger partial charge in [0.15, 0.2) is 0 Å². The van der Waals surface area contributed by atoms with Crippen LogP contribution in [-0.2, 0) is 19.4 Å². The summed E-state index contributed by atoms with van der Waals surface area (Å²) < 4.78 is 0. The first-order chi connectivity index (χ1) is 13.6. The Balaban J connectivity index is 1.80. The van der Waals surface area contributed by atoms with Gasteiger partial charge in [-0.25, -0.2) is 9.97 Å². The molecule has 5 nitrogen and oxygen atoms in total. The highest BCUT2D eigenvalue weighted by Crippen LogP contribution is 2.23. The van der Waals surface area contributed by atoms with Crippen molar-refractivity contribution in [3.05, 3.63) is 82.7 Å². The molecule has 3 aromatic rings. The molecule has 0 spiro atoms. The van der Waals surface area contributed by atoms with Crippen LogP contribution in [-0.4, -0.2) is 15.9 Å². The number of aromatic nitrogens is 2. The highest BCUT2D eigenvalue weighted by atomic mass is 16.1. The minimum atomic E-state index is -0.219. The van der Waals surface area contributed by atoms with E-state index in [1.165, 1.54) is 0 Å². The van der Waals surface area contributed by atoms with Crippen LogP contribution in [0, 0.1) is 6.92 Å². The molecule has 0 radical (unpaired) electrons. The fraction of sp³-hybridized carbons (Fsp3) is 0.261. The van der Waals surface area contributed by atoms with Crippen LogP contribution < -0.4 is 10.6 Å². The summed E-state index contributed by atoms with van der Waals surface area (Å²) in [6.45, 7) is 6.64. The molecular formula is C23H26N4O. The van der Waals surface area contributed by atoms with Gasteiger partial charge in [0.2, 0.25) is 5.95 Å². The van der Waals surface area contributed by atoms with Crippen molar-refractivity contribution in [3.8, 4) is 0 Å². The number of para-hydroxylation sites is 1. The minimum absolute atomic E-state index is 0.219. The monoisotopic (exact) mass is 374 g/mol. The number of benzene rings is 2. The third kappa shape index (κ3) is 4.74. The third-order valence-electron chi connectivity index (χ3n) is 4.62. The summed E-state index contributed by atoms with van der Waals surface area (Å²) in [5, 5.41) is 6.27. The van der Waals surface area contributed by atoms with E-state index in [9.17, 15) is 4.79 Å². The molecule has 1 aromatic heterocycles. The zero-order valence-corrected chi connectivity index (χ0v) is 16.6. The Labute approximate surface area is 166 Å². The summed E-state index contributed by atoms with van der Waals surface area (Å²) in [6, 6.07) is 17.9. The maximum atomic E-state index is 12.9. The van der Waals surface area contributed by atoms with Crippen LogP contribution in [0.5, 0.6) is 0 Å². The summed E-state index contributed by atoms with van der Waals surface area (Å²) in [4.78, 5) is 21.7. The van der Waals surface area contributed by atoms with Crippen LogP contribution in [0.15, 0.2) is 54.6 Å². The molecule has 0 fully saturated rings. The molecule has 1 heterocycles. The quantitative estimate of drug-likeness (QED) is 0.625. The maximum absolute atomic E-state index is 12.9. The Morgan fingerprint density at radius 2 is 1.61 bits per heavy atom. The van der Waals surface area contributed by atoms with Gasteiger partial charge in [0.05, 0.1) is 0 Å². The predicted octanol–water partition coefficient (Wildman–Crippen LogP) is 4.77. The van der Waals surface area contributed by atoms with E-state index in [0.29, 0.717) is 18.2 Å². The highest BCUT2D eigenvalue weighted by molar-refractivity contribution is 6.04. The van der Waals surface area contributed by atoms with E-state index >= 15 is 0 Å². The van der Waals surface area contributed by atoms with Crippen molar-refractivity contribution in [2.24, 2.45) is 0 Å². The number of anilines is 2. The van der Waals surface area contributed by atoms with Crippen LogP contribution in [0.1, 0.15) is 46.7 Å². The third-order valence-corrected chi connectivity index (χ3v) is 4.62. The number of amides is 1. The van der Waals surface area contributed by atoms with Gasteiger partial charge >= 0.3 is 0 Å². The number of carbonyl (C=O) groups excluding carboxylic acids is 1. The van der Waals surface area contributed by atoms with Gasteiger partial charge in [0.1, 0.15) is 5.69 Å². The first-order valence-electron chi connectivity index (χ1n) is 9.66. The smallest absolute Gasteiger partial charge is 0.274 e. The molecule has 0 aliphatic rings. The van der Waals surface area contributed by atoms with E-state index in [1.807, 2.05) is 55.5 Å². The topological polar surface area (TPSA) is 66.9 Å². The molecule has 28 heavy (non-hydrogen) atoms. The Bertz CT molecular complexity index is 932. The lowest BCUT2D eigenvalue weighted by Gasteiger charge is -2.15. The number of nitrogens with one attached hydrogen (secondary N) is 2. The largest absolute Gasteiger partial charge is 0.350 e. The van der Waals surface area contributed by atoms with E-state index in [4.69, 9.17) is 0 Å². The molecule has 0 aliphatic carbocycles. The van der Waals surface area contributed by atoms with Gasteiger partial charge in [-0.15, -0.1) is 0 Å². The van der Waals surface area contributed by atoms with Gasteiger partial charge in [-0.05, 0) is 42.5 Å². The summed E-state index contributed by atoms with van der Waals surface area (Å²) in [7, 11) is 0. The van der Waals surface area contributed by atoms with Crippen LogP contribution >= 0.6 is 0 Å². The fourth-order valence-corrected chi connectivity index (χ4v) is 3.12. The number of hydrogen-bond acceptors (Lipinski definition) is 4. The second-order valence-electron chi connectivity index (χ2n) is 6.67. The molecule has 3 rings (SSSR count). The summed E-state index contributed by atoms with van der Waals surface area (Å²) in [5.41, 5.74) is 5.38. The zero-order chi connectivity index (χ0) is 19.9. The fourth-order valence-electron chi connectivity index (χ4n) is 3.12. The van der Waals surface area contributed by atoms with E-state index in [0.717, 1.165) is 40.9 Å². The van der Waals surface area contributed by atoms with E-state index in [-0.39, 0.29) is 5.91 Å². The minimum Gasteiger partial charge on any atom is -0.350 e. The van der Waals surface area contributed by atoms with Gasteiger partial charge < -0.3 is 10.6 Å². The molecule has 2 N–H and O–H groups in total. The highest BCUT2D eigenvalue weighted by Gasteiger charge is 2.14. The van der Waals surface area contributed by atoms with Crippen molar-refractivity contribution >= 4 is 17.5 Å². The van der Waals surface area contributed by atoms with Crippen LogP contribution in [0.3, 0.4) is 0 Å². The van der Waals surface area contributed by atoms with Gasteiger partial charge in [0, 0.05) is 17.9 Å². The Kier molecular flexibility index (Phi) is 6.37. The average Bonchev–Trinajstić information content (AvgIpc) is 2.72. The van der Waals surface area contributed by atoms with Crippen LogP contribution in [0.4, 0.5) is 11.6 Å². The normalized spacial score (nSPS) is 10.5. The first kappa shape index (κ1) is 19.5. The zero-order valence-electron chi connectivity index (χ0n) is 16.6. The molecule has 144 valence electrons. The van der Waals surface area contributed by atoms with Gasteiger partial charge in [0.25, 0.3) is 5.91 Å². The number of nitrogens with zero attached hydrogens (tertiary/aromatic N) is 2. The van der Waals surface area contributed by atoms with Crippen LogP contribution in [0.25, 0.3) is 0 Å². The molecule has 5 heteroatoms. The first-order valence-corrected chi connectivity index (χ1v) is 9.66. The van der Waals surface area contributed by atoms with Crippen molar-refractivity contribution < 1.29 is 4.79 Å². The maximum Gasteiger partial charge on any atom is 0.274 e. The van der Waals surface area contributed by atoms with Crippen molar-refractivity contribution in [3.63, 3.8) is 0 Å².